The van der Waals surface area contributed by atoms with E-state index >= 15 is 0 Å². The normalized spacial score (nSPS) is 22.1. The molecule has 3 atom stereocenters. The third-order valence-corrected chi connectivity index (χ3v) is 6.37. The topological polar surface area (TPSA) is 53.5 Å². The maximum absolute atomic E-state index is 13.7. The Hall–Kier alpha value is -1.50. The zero-order valence-electron chi connectivity index (χ0n) is 15.6. The van der Waals surface area contributed by atoms with Gasteiger partial charge in [-0.2, -0.15) is 0 Å². The van der Waals surface area contributed by atoms with Crippen molar-refractivity contribution in [3.05, 3.63) is 35.4 Å². The van der Waals surface area contributed by atoms with E-state index in [0.717, 1.165) is 44.4 Å². The molecule has 0 saturated heterocycles. The van der Waals surface area contributed by atoms with Crippen molar-refractivity contribution < 1.29 is 13.0 Å². The lowest BCUT2D eigenvalue weighted by atomic mass is 9.95. The van der Waals surface area contributed by atoms with Gasteiger partial charge in [0.05, 0.1) is 0 Å². The smallest absolute Gasteiger partial charge is 0.191 e. The van der Waals surface area contributed by atoms with Crippen molar-refractivity contribution >= 4 is 16.8 Å². The van der Waals surface area contributed by atoms with E-state index in [9.17, 15) is 13.0 Å². The van der Waals surface area contributed by atoms with E-state index in [1.165, 1.54) is 6.07 Å². The average molecular weight is 386 g/mol. The van der Waals surface area contributed by atoms with Crippen LogP contribution >= 0.6 is 0 Å². The van der Waals surface area contributed by atoms with Crippen LogP contribution in [0.15, 0.2) is 23.2 Å². The van der Waals surface area contributed by atoms with Crippen LogP contribution in [0.1, 0.15) is 45.1 Å². The zero-order valence-corrected chi connectivity index (χ0v) is 16.4. The summed E-state index contributed by atoms with van der Waals surface area (Å²) >= 11 is 0. The number of benzene rings is 1. The van der Waals surface area contributed by atoms with Crippen molar-refractivity contribution in [1.82, 2.24) is 10.6 Å². The van der Waals surface area contributed by atoms with Crippen LogP contribution in [0.3, 0.4) is 0 Å². The second-order valence-electron chi connectivity index (χ2n) is 6.55. The minimum absolute atomic E-state index is 0.243. The molecule has 3 unspecified atom stereocenters. The maximum atomic E-state index is 13.7. The van der Waals surface area contributed by atoms with Gasteiger partial charge in [-0.05, 0) is 56.4 Å². The fraction of sp³-hybridized carbons (Fsp3) is 0.632. The van der Waals surface area contributed by atoms with E-state index in [0.29, 0.717) is 30.2 Å². The van der Waals surface area contributed by atoms with E-state index in [1.807, 2.05) is 13.8 Å². The number of halogens is 2. The zero-order chi connectivity index (χ0) is 18.9. The molecule has 7 heteroatoms. The molecule has 0 aliphatic heterocycles. The van der Waals surface area contributed by atoms with Gasteiger partial charge in [0, 0.05) is 40.9 Å². The van der Waals surface area contributed by atoms with Crippen LogP contribution in [0, 0.1) is 11.6 Å². The van der Waals surface area contributed by atoms with Gasteiger partial charge in [-0.1, -0.05) is 13.3 Å². The predicted octanol–water partition coefficient (Wildman–Crippen LogP) is 3.14. The van der Waals surface area contributed by atoms with Crippen LogP contribution in [0.4, 0.5) is 8.78 Å². The molecule has 1 aliphatic carbocycles. The van der Waals surface area contributed by atoms with Crippen molar-refractivity contribution in [3.8, 4) is 0 Å². The summed E-state index contributed by atoms with van der Waals surface area (Å²) in [5, 5.41) is 6.86. The second kappa shape index (κ2) is 10.6. The van der Waals surface area contributed by atoms with Crippen molar-refractivity contribution in [2.75, 3.05) is 18.8 Å². The van der Waals surface area contributed by atoms with Gasteiger partial charge in [0.2, 0.25) is 0 Å². The Morgan fingerprint density at radius 3 is 2.85 bits per heavy atom. The highest BCUT2D eigenvalue weighted by Crippen LogP contribution is 2.23. The fourth-order valence-corrected chi connectivity index (χ4v) is 4.63. The van der Waals surface area contributed by atoms with Crippen LogP contribution in [0.5, 0.6) is 0 Å². The summed E-state index contributed by atoms with van der Waals surface area (Å²) in [7, 11) is -0.765. The second-order valence-corrected chi connectivity index (χ2v) is 8.55. The molecule has 1 aliphatic rings. The fourth-order valence-electron chi connectivity index (χ4n) is 3.29. The van der Waals surface area contributed by atoms with E-state index in [4.69, 9.17) is 0 Å². The number of nitrogens with zero attached hydrogens (tertiary/aromatic N) is 1. The van der Waals surface area contributed by atoms with Crippen molar-refractivity contribution in [3.63, 3.8) is 0 Å². The van der Waals surface area contributed by atoms with Gasteiger partial charge in [0.25, 0.3) is 0 Å². The largest absolute Gasteiger partial charge is 0.357 e. The van der Waals surface area contributed by atoms with E-state index in [-0.39, 0.29) is 11.3 Å². The summed E-state index contributed by atoms with van der Waals surface area (Å²) in [6.45, 7) is 5.04. The van der Waals surface area contributed by atoms with Crippen LogP contribution in [-0.2, 0) is 17.2 Å². The Bertz CT molecular complexity index is 639. The van der Waals surface area contributed by atoms with Crippen LogP contribution in [-0.4, -0.2) is 40.3 Å². The number of aliphatic imine (C=N–C) groups is 1. The lowest BCUT2D eigenvalue weighted by Gasteiger charge is -2.30. The van der Waals surface area contributed by atoms with E-state index in [2.05, 4.69) is 15.6 Å². The summed E-state index contributed by atoms with van der Waals surface area (Å²) in [5.74, 6) is 0.534. The van der Waals surface area contributed by atoms with Crippen LogP contribution in [0.25, 0.3) is 0 Å². The molecule has 0 aromatic heterocycles. The molecule has 4 nitrogen and oxygen atoms in total. The van der Waals surface area contributed by atoms with E-state index < -0.39 is 22.4 Å². The average Bonchev–Trinajstić information content (AvgIpc) is 2.64. The van der Waals surface area contributed by atoms with Crippen LogP contribution in [0.2, 0.25) is 0 Å². The molecule has 2 N–H and O–H groups in total. The molecule has 0 spiro atoms. The Labute approximate surface area is 157 Å². The summed E-state index contributed by atoms with van der Waals surface area (Å²) in [5.41, 5.74) is 0.334. The van der Waals surface area contributed by atoms with Crippen LogP contribution < -0.4 is 10.6 Å². The molecular weight excluding hydrogens is 356 g/mol. The van der Waals surface area contributed by atoms with Gasteiger partial charge in [-0.25, -0.2) is 8.78 Å². The Morgan fingerprint density at radius 2 is 2.12 bits per heavy atom. The first kappa shape index (κ1) is 20.8. The highest BCUT2D eigenvalue weighted by molar-refractivity contribution is 7.85. The van der Waals surface area contributed by atoms with Gasteiger partial charge >= 0.3 is 0 Å². The summed E-state index contributed by atoms with van der Waals surface area (Å²) in [6, 6.07) is 3.73. The van der Waals surface area contributed by atoms with E-state index in [1.54, 1.807) is 0 Å². The van der Waals surface area contributed by atoms with Gasteiger partial charge in [-0.15, -0.1) is 0 Å². The lowest BCUT2D eigenvalue weighted by Crippen LogP contribution is -2.46. The van der Waals surface area contributed by atoms with Gasteiger partial charge in [0.15, 0.2) is 5.96 Å². The maximum Gasteiger partial charge on any atom is 0.191 e. The first-order chi connectivity index (χ1) is 12.5. The number of hydrogen-bond acceptors (Lipinski definition) is 2. The SMILES string of the molecule is CCNC(=NCCc1cc(F)ccc1F)NC1CCCC(S(=O)CC)C1. The minimum atomic E-state index is -0.765. The third-order valence-electron chi connectivity index (χ3n) is 4.63. The molecule has 0 amide bonds. The van der Waals surface area contributed by atoms with Crippen molar-refractivity contribution in [1.29, 1.82) is 0 Å². The molecule has 26 heavy (non-hydrogen) atoms. The Balaban J connectivity index is 1.93. The molecule has 1 aromatic rings. The monoisotopic (exact) mass is 385 g/mol. The van der Waals surface area contributed by atoms with Crippen molar-refractivity contribution in [2.45, 2.75) is 57.2 Å². The third kappa shape index (κ3) is 6.34. The molecule has 0 bridgehead atoms. The highest BCUT2D eigenvalue weighted by atomic mass is 32.2. The number of nitrogens with one attached hydrogen (secondary N) is 2. The molecule has 1 aromatic carbocycles. The van der Waals surface area contributed by atoms with Crippen molar-refractivity contribution in [2.24, 2.45) is 4.99 Å². The first-order valence-electron chi connectivity index (χ1n) is 9.39. The quantitative estimate of drug-likeness (QED) is 0.560. The highest BCUT2D eigenvalue weighted by Gasteiger charge is 2.26. The summed E-state index contributed by atoms with van der Waals surface area (Å²) in [4.78, 5) is 4.49. The molecule has 1 fully saturated rings. The number of rotatable bonds is 7. The molecule has 1 saturated carbocycles. The molecule has 0 radical (unpaired) electrons. The lowest BCUT2D eigenvalue weighted by molar-refractivity contribution is 0.413. The first-order valence-corrected chi connectivity index (χ1v) is 10.8. The summed E-state index contributed by atoms with van der Waals surface area (Å²) in [6.07, 6.45) is 4.32. The molecule has 146 valence electrons. The molecular formula is C19H29F2N3OS. The minimum Gasteiger partial charge on any atom is -0.357 e. The predicted molar refractivity (Wildman–Crippen MR) is 104 cm³/mol. The Morgan fingerprint density at radius 1 is 1.31 bits per heavy atom. The number of hydrogen-bond donors (Lipinski definition) is 2. The Kier molecular flexibility index (Phi) is 8.48. The summed E-state index contributed by atoms with van der Waals surface area (Å²) < 4.78 is 39.0. The van der Waals surface area contributed by atoms with Gasteiger partial charge in [-0.3, -0.25) is 9.20 Å². The number of guanidine groups is 1. The molecule has 0 heterocycles. The van der Waals surface area contributed by atoms with Gasteiger partial charge in [0.1, 0.15) is 11.6 Å². The van der Waals surface area contributed by atoms with Gasteiger partial charge < -0.3 is 10.6 Å². The molecule has 2 rings (SSSR count). The standard InChI is InChI=1S/C19H29F2N3OS/c1-3-22-19(23-11-10-14-12-15(20)8-9-18(14)21)24-16-6-5-7-17(13-16)26(25)4-2/h8-9,12,16-17H,3-7,10-11,13H2,1-2H3,(H2,22,23,24).